The molecule has 1 aliphatic carbocycles. The fourth-order valence-electron chi connectivity index (χ4n) is 2.96. The van der Waals surface area contributed by atoms with Gasteiger partial charge in [-0.3, -0.25) is 0 Å². The van der Waals surface area contributed by atoms with Crippen molar-refractivity contribution in [1.29, 1.82) is 5.26 Å². The van der Waals surface area contributed by atoms with Crippen molar-refractivity contribution in [3.63, 3.8) is 0 Å². The van der Waals surface area contributed by atoms with Gasteiger partial charge in [-0.15, -0.1) is 0 Å². The van der Waals surface area contributed by atoms with Crippen LogP contribution in [0, 0.1) is 17.2 Å². The van der Waals surface area contributed by atoms with Gasteiger partial charge < -0.3 is 10.1 Å². The third kappa shape index (κ3) is 4.45. The molecule has 1 fully saturated rings. The summed E-state index contributed by atoms with van der Waals surface area (Å²) >= 11 is 0. The van der Waals surface area contributed by atoms with Crippen molar-refractivity contribution in [3.05, 3.63) is 24.3 Å². The second kappa shape index (κ2) is 7.79. The monoisotopic (exact) mass is 272 g/mol. The van der Waals surface area contributed by atoms with E-state index in [4.69, 9.17) is 10.00 Å². The first-order chi connectivity index (χ1) is 9.81. The van der Waals surface area contributed by atoms with Gasteiger partial charge in [0.2, 0.25) is 0 Å². The van der Waals surface area contributed by atoms with Crippen molar-refractivity contribution in [2.24, 2.45) is 5.92 Å². The summed E-state index contributed by atoms with van der Waals surface area (Å²) in [6.07, 6.45) is 7.84. The van der Waals surface area contributed by atoms with Crippen molar-refractivity contribution >= 4 is 5.69 Å². The summed E-state index contributed by atoms with van der Waals surface area (Å²) in [5, 5.41) is 12.2. The normalized spacial score (nSPS) is 22.6. The van der Waals surface area contributed by atoms with Gasteiger partial charge in [-0.2, -0.15) is 5.26 Å². The Labute approximate surface area is 121 Å². The van der Waals surface area contributed by atoms with E-state index in [-0.39, 0.29) is 6.61 Å². The molecule has 3 nitrogen and oxygen atoms in total. The van der Waals surface area contributed by atoms with Gasteiger partial charge in [0.15, 0.2) is 6.61 Å². The van der Waals surface area contributed by atoms with Gasteiger partial charge >= 0.3 is 0 Å². The standard InChI is InChI=1S/C17H24N2O/c1-2-14-5-3-6-15(10-9-14)19-16-7-4-8-17(13-16)20-12-11-18/h4,7-8,13-15,19H,2-3,5-6,9-10,12H2,1H3. The van der Waals surface area contributed by atoms with Gasteiger partial charge in [-0.1, -0.05) is 32.3 Å². The lowest BCUT2D eigenvalue weighted by molar-refractivity contribution is 0.368. The number of nitrogens with zero attached hydrogens (tertiary/aromatic N) is 1. The zero-order valence-electron chi connectivity index (χ0n) is 12.3. The molecule has 1 N–H and O–H groups in total. The largest absolute Gasteiger partial charge is 0.479 e. The minimum Gasteiger partial charge on any atom is -0.479 e. The van der Waals surface area contributed by atoms with E-state index < -0.39 is 0 Å². The predicted octanol–water partition coefficient (Wildman–Crippen LogP) is 4.36. The number of hydrogen-bond acceptors (Lipinski definition) is 3. The van der Waals surface area contributed by atoms with E-state index in [1.807, 2.05) is 24.3 Å². The zero-order chi connectivity index (χ0) is 14.2. The SMILES string of the molecule is CCC1CCCC(Nc2cccc(OCC#N)c2)CC1. The Kier molecular flexibility index (Phi) is 5.73. The predicted molar refractivity (Wildman–Crippen MR) is 81.8 cm³/mol. The first-order valence-corrected chi connectivity index (χ1v) is 7.68. The molecular formula is C17H24N2O. The quantitative estimate of drug-likeness (QED) is 0.810. The van der Waals surface area contributed by atoms with Crippen LogP contribution in [-0.4, -0.2) is 12.6 Å². The van der Waals surface area contributed by atoms with Crippen LogP contribution in [0.25, 0.3) is 0 Å². The minimum atomic E-state index is 0.102. The molecule has 1 saturated carbocycles. The number of nitriles is 1. The molecule has 0 saturated heterocycles. The summed E-state index contributed by atoms with van der Waals surface area (Å²) in [5.41, 5.74) is 1.10. The van der Waals surface area contributed by atoms with E-state index in [1.54, 1.807) is 0 Å². The second-order valence-electron chi connectivity index (χ2n) is 5.60. The van der Waals surface area contributed by atoms with Crippen molar-refractivity contribution in [1.82, 2.24) is 0 Å². The van der Waals surface area contributed by atoms with Crippen LogP contribution in [0.2, 0.25) is 0 Å². The van der Waals surface area contributed by atoms with Gasteiger partial charge in [0, 0.05) is 17.8 Å². The van der Waals surface area contributed by atoms with E-state index in [0.29, 0.717) is 6.04 Å². The second-order valence-corrected chi connectivity index (χ2v) is 5.60. The number of nitrogens with one attached hydrogen (secondary N) is 1. The maximum absolute atomic E-state index is 8.55. The van der Waals surface area contributed by atoms with Crippen molar-refractivity contribution in [2.45, 2.75) is 51.5 Å². The number of rotatable bonds is 5. The number of benzene rings is 1. The highest BCUT2D eigenvalue weighted by Gasteiger charge is 2.17. The van der Waals surface area contributed by atoms with Crippen molar-refractivity contribution < 1.29 is 4.74 Å². The van der Waals surface area contributed by atoms with Crippen LogP contribution in [0.3, 0.4) is 0 Å². The number of hydrogen-bond donors (Lipinski definition) is 1. The molecule has 0 aromatic heterocycles. The van der Waals surface area contributed by atoms with E-state index in [0.717, 1.165) is 17.4 Å². The molecule has 0 spiro atoms. The Morgan fingerprint density at radius 2 is 2.20 bits per heavy atom. The Bertz CT molecular complexity index is 453. The molecule has 2 unspecified atom stereocenters. The summed E-state index contributed by atoms with van der Waals surface area (Å²) in [6.45, 7) is 2.40. The molecule has 0 radical (unpaired) electrons. The number of anilines is 1. The fraction of sp³-hybridized carbons (Fsp3) is 0.588. The lowest BCUT2D eigenvalue weighted by Crippen LogP contribution is -2.18. The Hall–Kier alpha value is -1.69. The number of ether oxygens (including phenoxy) is 1. The molecule has 0 aliphatic heterocycles. The Morgan fingerprint density at radius 1 is 1.30 bits per heavy atom. The summed E-state index contributed by atoms with van der Waals surface area (Å²) < 4.78 is 5.34. The van der Waals surface area contributed by atoms with Crippen LogP contribution in [0.1, 0.15) is 45.4 Å². The Balaban J connectivity index is 1.90. The van der Waals surface area contributed by atoms with E-state index in [2.05, 4.69) is 18.3 Å². The van der Waals surface area contributed by atoms with Crippen molar-refractivity contribution in [2.75, 3.05) is 11.9 Å². The first-order valence-electron chi connectivity index (χ1n) is 7.68. The van der Waals surface area contributed by atoms with Gasteiger partial charge in [0.1, 0.15) is 11.8 Å². The van der Waals surface area contributed by atoms with E-state index in [1.165, 1.54) is 38.5 Å². The summed E-state index contributed by atoms with van der Waals surface area (Å²) in [7, 11) is 0. The highest BCUT2D eigenvalue weighted by atomic mass is 16.5. The molecule has 2 atom stereocenters. The molecule has 0 amide bonds. The maximum atomic E-state index is 8.55. The third-order valence-corrected chi connectivity index (χ3v) is 4.17. The highest BCUT2D eigenvalue weighted by molar-refractivity contribution is 5.48. The van der Waals surface area contributed by atoms with E-state index in [9.17, 15) is 0 Å². The smallest absolute Gasteiger partial charge is 0.174 e. The van der Waals surface area contributed by atoms with Gasteiger partial charge in [-0.05, 0) is 37.3 Å². The van der Waals surface area contributed by atoms with Crippen LogP contribution in [0.4, 0.5) is 5.69 Å². The zero-order valence-corrected chi connectivity index (χ0v) is 12.3. The lowest BCUT2D eigenvalue weighted by Gasteiger charge is -2.18. The van der Waals surface area contributed by atoms with Crippen LogP contribution < -0.4 is 10.1 Å². The first kappa shape index (κ1) is 14.7. The minimum absolute atomic E-state index is 0.102. The third-order valence-electron chi connectivity index (χ3n) is 4.17. The molecule has 1 aromatic rings. The average molecular weight is 272 g/mol. The van der Waals surface area contributed by atoms with Crippen LogP contribution in [0.15, 0.2) is 24.3 Å². The molecule has 20 heavy (non-hydrogen) atoms. The van der Waals surface area contributed by atoms with Crippen molar-refractivity contribution in [3.8, 4) is 11.8 Å². The molecule has 3 heteroatoms. The summed E-state index contributed by atoms with van der Waals surface area (Å²) in [6, 6.07) is 10.5. The van der Waals surface area contributed by atoms with Gasteiger partial charge in [-0.25, -0.2) is 0 Å². The van der Waals surface area contributed by atoms with Gasteiger partial charge in [0.05, 0.1) is 0 Å². The van der Waals surface area contributed by atoms with E-state index >= 15 is 0 Å². The maximum Gasteiger partial charge on any atom is 0.174 e. The molecular weight excluding hydrogens is 248 g/mol. The lowest BCUT2D eigenvalue weighted by atomic mass is 9.98. The van der Waals surface area contributed by atoms with Gasteiger partial charge in [0.25, 0.3) is 0 Å². The van der Waals surface area contributed by atoms with Crippen LogP contribution >= 0.6 is 0 Å². The fourth-order valence-corrected chi connectivity index (χ4v) is 2.96. The molecule has 1 aromatic carbocycles. The molecule has 1 aliphatic rings. The molecule has 0 bridgehead atoms. The van der Waals surface area contributed by atoms with Crippen LogP contribution in [-0.2, 0) is 0 Å². The topological polar surface area (TPSA) is 45.0 Å². The van der Waals surface area contributed by atoms with Crippen LogP contribution in [0.5, 0.6) is 5.75 Å². The Morgan fingerprint density at radius 3 is 3.00 bits per heavy atom. The molecule has 108 valence electrons. The molecule has 2 rings (SSSR count). The highest BCUT2D eigenvalue weighted by Crippen LogP contribution is 2.28. The molecule has 0 heterocycles. The summed E-state index contributed by atoms with van der Waals surface area (Å²) in [5.74, 6) is 1.67. The average Bonchev–Trinajstić information content (AvgIpc) is 2.71. The summed E-state index contributed by atoms with van der Waals surface area (Å²) in [4.78, 5) is 0.